The number of nitrogens with one attached hydrogen (secondary N) is 1. The van der Waals surface area contributed by atoms with E-state index in [1.165, 1.54) is 32.1 Å². The Morgan fingerprint density at radius 3 is 2.20 bits per heavy atom. The molecular weight excluding hydrogens is 124 g/mol. The van der Waals surface area contributed by atoms with Crippen LogP contribution in [0.3, 0.4) is 0 Å². The van der Waals surface area contributed by atoms with Crippen molar-refractivity contribution < 1.29 is 0 Å². The van der Waals surface area contributed by atoms with E-state index in [0.717, 1.165) is 12.1 Å². The van der Waals surface area contributed by atoms with Gasteiger partial charge in [-0.15, -0.1) is 0 Å². The van der Waals surface area contributed by atoms with E-state index in [4.69, 9.17) is 5.73 Å². The van der Waals surface area contributed by atoms with Gasteiger partial charge in [0.1, 0.15) is 0 Å². The molecule has 0 spiro atoms. The maximum atomic E-state index is 5.66. The summed E-state index contributed by atoms with van der Waals surface area (Å²) < 4.78 is 0. The Morgan fingerprint density at radius 1 is 1.10 bits per heavy atom. The van der Waals surface area contributed by atoms with Gasteiger partial charge < -0.3 is 11.1 Å². The average molecular weight is 140 g/mol. The number of hydrogen-bond donors (Lipinski definition) is 2. The van der Waals surface area contributed by atoms with Crippen LogP contribution in [0.25, 0.3) is 0 Å². The van der Waals surface area contributed by atoms with Crippen LogP contribution in [0.5, 0.6) is 0 Å². The first kappa shape index (κ1) is 6.62. The summed E-state index contributed by atoms with van der Waals surface area (Å²) in [7, 11) is 0. The molecule has 0 heterocycles. The van der Waals surface area contributed by atoms with Crippen molar-refractivity contribution in [2.45, 2.75) is 50.2 Å². The maximum Gasteiger partial charge on any atom is 0.00991 e. The third-order valence-electron chi connectivity index (χ3n) is 2.75. The molecule has 3 N–H and O–H groups in total. The second-order valence-corrected chi connectivity index (χ2v) is 3.72. The summed E-state index contributed by atoms with van der Waals surface area (Å²) in [4.78, 5) is 0. The highest BCUT2D eigenvalue weighted by Crippen LogP contribution is 2.24. The Labute approximate surface area is 62.2 Å². The molecule has 0 amide bonds. The minimum absolute atomic E-state index is 0.498. The first-order chi connectivity index (χ1) is 4.84. The largest absolute Gasteiger partial charge is 0.328 e. The molecule has 0 bridgehead atoms. The van der Waals surface area contributed by atoms with E-state index >= 15 is 0 Å². The lowest BCUT2D eigenvalue weighted by molar-refractivity contribution is 0.221. The highest BCUT2D eigenvalue weighted by atomic mass is 15.0. The number of rotatable bonds is 2. The van der Waals surface area contributed by atoms with E-state index in [-0.39, 0.29) is 0 Å². The van der Waals surface area contributed by atoms with E-state index < -0.39 is 0 Å². The van der Waals surface area contributed by atoms with Gasteiger partial charge in [-0.2, -0.15) is 0 Å². The van der Waals surface area contributed by atoms with E-state index in [0.29, 0.717) is 6.04 Å². The molecule has 58 valence electrons. The van der Waals surface area contributed by atoms with Crippen LogP contribution in [-0.2, 0) is 0 Å². The summed E-state index contributed by atoms with van der Waals surface area (Å²) in [5.41, 5.74) is 5.66. The predicted octanol–water partition coefficient (Wildman–Crippen LogP) is 0.618. The van der Waals surface area contributed by atoms with Crippen LogP contribution >= 0.6 is 0 Å². The third-order valence-corrected chi connectivity index (χ3v) is 2.75. The van der Waals surface area contributed by atoms with Crippen molar-refractivity contribution >= 4 is 0 Å². The van der Waals surface area contributed by atoms with Crippen LogP contribution in [0, 0.1) is 0 Å². The summed E-state index contributed by atoms with van der Waals surface area (Å²) in [6.45, 7) is 0. The van der Waals surface area contributed by atoms with E-state index in [1.54, 1.807) is 0 Å². The van der Waals surface area contributed by atoms with Gasteiger partial charge in [0.15, 0.2) is 0 Å². The van der Waals surface area contributed by atoms with Crippen molar-refractivity contribution in [3.63, 3.8) is 0 Å². The van der Waals surface area contributed by atoms with Crippen LogP contribution in [-0.4, -0.2) is 18.1 Å². The zero-order valence-electron chi connectivity index (χ0n) is 6.34. The van der Waals surface area contributed by atoms with Gasteiger partial charge in [0.25, 0.3) is 0 Å². The van der Waals surface area contributed by atoms with Crippen molar-refractivity contribution in [2.75, 3.05) is 0 Å². The van der Waals surface area contributed by atoms with Gasteiger partial charge in [-0.05, 0) is 25.7 Å². The minimum atomic E-state index is 0.498. The van der Waals surface area contributed by atoms with E-state index in [1.807, 2.05) is 0 Å². The normalized spacial score (nSPS) is 40.5. The Balaban J connectivity index is 1.62. The molecule has 0 unspecified atom stereocenters. The Bertz CT molecular complexity index is 114. The molecule has 2 heteroatoms. The molecule has 0 aliphatic heterocycles. The fourth-order valence-electron chi connectivity index (χ4n) is 1.71. The zero-order valence-corrected chi connectivity index (χ0v) is 6.34. The van der Waals surface area contributed by atoms with Crippen LogP contribution < -0.4 is 11.1 Å². The number of nitrogens with two attached hydrogens (primary N) is 1. The molecule has 0 aromatic carbocycles. The predicted molar refractivity (Wildman–Crippen MR) is 41.8 cm³/mol. The van der Waals surface area contributed by atoms with Crippen molar-refractivity contribution in [2.24, 2.45) is 5.73 Å². The molecule has 2 aliphatic rings. The molecule has 10 heavy (non-hydrogen) atoms. The summed E-state index contributed by atoms with van der Waals surface area (Å²) in [5.74, 6) is 0. The maximum absolute atomic E-state index is 5.66. The first-order valence-corrected chi connectivity index (χ1v) is 4.36. The first-order valence-electron chi connectivity index (χ1n) is 4.36. The van der Waals surface area contributed by atoms with Crippen molar-refractivity contribution in [3.8, 4) is 0 Å². The lowest BCUT2D eigenvalue weighted by Crippen LogP contribution is -2.53. The molecule has 2 aliphatic carbocycles. The van der Waals surface area contributed by atoms with Gasteiger partial charge >= 0.3 is 0 Å². The van der Waals surface area contributed by atoms with Crippen molar-refractivity contribution in [3.05, 3.63) is 0 Å². The Morgan fingerprint density at radius 2 is 1.80 bits per heavy atom. The van der Waals surface area contributed by atoms with E-state index in [9.17, 15) is 0 Å². The molecule has 0 radical (unpaired) electrons. The quantitative estimate of drug-likeness (QED) is 0.590. The van der Waals surface area contributed by atoms with Gasteiger partial charge in [0.05, 0.1) is 0 Å². The topological polar surface area (TPSA) is 38.0 Å². The van der Waals surface area contributed by atoms with Gasteiger partial charge in [-0.25, -0.2) is 0 Å². The smallest absolute Gasteiger partial charge is 0.00991 e. The fourth-order valence-corrected chi connectivity index (χ4v) is 1.71. The molecule has 2 saturated carbocycles. The monoisotopic (exact) mass is 140 g/mol. The van der Waals surface area contributed by atoms with Gasteiger partial charge in [-0.1, -0.05) is 6.42 Å². The van der Waals surface area contributed by atoms with Crippen LogP contribution in [0.4, 0.5) is 0 Å². The number of hydrogen-bond acceptors (Lipinski definition) is 2. The summed E-state index contributed by atoms with van der Waals surface area (Å²) in [6, 6.07) is 2.11. The molecule has 0 saturated heterocycles. The van der Waals surface area contributed by atoms with Gasteiger partial charge in [0.2, 0.25) is 0 Å². The third kappa shape index (κ3) is 1.18. The Hall–Kier alpha value is -0.0800. The highest BCUT2D eigenvalue weighted by Gasteiger charge is 2.29. The molecule has 0 atom stereocenters. The molecule has 0 aromatic heterocycles. The highest BCUT2D eigenvalue weighted by molar-refractivity contribution is 4.91. The standard InChI is InChI=1S/C8H16N2/c9-6-4-8(5-6)10-7-2-1-3-7/h6-8,10H,1-5,9H2. The average Bonchev–Trinajstić information content (AvgIpc) is 1.72. The summed E-state index contributed by atoms with van der Waals surface area (Å²) in [6.07, 6.45) is 6.63. The molecule has 2 nitrogen and oxygen atoms in total. The van der Waals surface area contributed by atoms with Crippen molar-refractivity contribution in [1.29, 1.82) is 0 Å². The van der Waals surface area contributed by atoms with Gasteiger partial charge in [-0.3, -0.25) is 0 Å². The minimum Gasteiger partial charge on any atom is -0.328 e. The zero-order chi connectivity index (χ0) is 6.97. The second-order valence-electron chi connectivity index (χ2n) is 3.72. The lowest BCUT2D eigenvalue weighted by Gasteiger charge is -2.39. The molecular formula is C8H16N2. The summed E-state index contributed by atoms with van der Waals surface area (Å²) >= 11 is 0. The van der Waals surface area contributed by atoms with Crippen molar-refractivity contribution in [1.82, 2.24) is 5.32 Å². The van der Waals surface area contributed by atoms with Gasteiger partial charge in [0, 0.05) is 18.1 Å². The van der Waals surface area contributed by atoms with Crippen LogP contribution in [0.1, 0.15) is 32.1 Å². The molecule has 0 aromatic rings. The second kappa shape index (κ2) is 2.51. The van der Waals surface area contributed by atoms with Crippen LogP contribution in [0.2, 0.25) is 0 Å². The van der Waals surface area contributed by atoms with Crippen LogP contribution in [0.15, 0.2) is 0 Å². The lowest BCUT2D eigenvalue weighted by atomic mass is 9.84. The fraction of sp³-hybridized carbons (Fsp3) is 1.00. The SMILES string of the molecule is NC1CC(NC2CCC2)C1. The summed E-state index contributed by atoms with van der Waals surface area (Å²) in [5, 5.41) is 3.60. The molecule has 2 fully saturated rings. The Kier molecular flexibility index (Phi) is 1.66. The molecule has 2 rings (SSSR count). The van der Waals surface area contributed by atoms with E-state index in [2.05, 4.69) is 5.32 Å².